The molecule has 3 unspecified atom stereocenters. The van der Waals surface area contributed by atoms with E-state index in [0.717, 1.165) is 42.6 Å². The van der Waals surface area contributed by atoms with Crippen LogP contribution in [0.4, 0.5) is 10.6 Å². The summed E-state index contributed by atoms with van der Waals surface area (Å²) >= 11 is 12.1. The number of halogens is 2. The van der Waals surface area contributed by atoms with Crippen LogP contribution in [0.3, 0.4) is 0 Å². The number of aliphatic hydroxyl groups excluding tert-OH is 1. The number of amides is 2. The van der Waals surface area contributed by atoms with Crippen LogP contribution in [0.1, 0.15) is 48.9 Å². The molecule has 1 aromatic carbocycles. The number of nitrogens with one attached hydrogen (secondary N) is 2. The number of anilines is 1. The molecule has 0 spiro atoms. The molecule has 2 aromatic rings. The Balaban J connectivity index is 1.39. The zero-order valence-electron chi connectivity index (χ0n) is 16.9. The standard InChI is InChI=1S/C22H26Cl2N4O2/c1-13(14-2-5-19(23)20(24)8-14)26-22(30)28-7-6-15-11-25-21(9-16(15)12-28)27-17-3-4-18(29)10-17/h2,5,8-9,11,13,17-18,29H,3-4,6-7,10,12H2,1H3,(H,25,27)(H,26,30). The number of benzene rings is 1. The van der Waals surface area contributed by atoms with Gasteiger partial charge in [0.15, 0.2) is 0 Å². The minimum atomic E-state index is -0.225. The van der Waals surface area contributed by atoms with E-state index in [0.29, 0.717) is 23.1 Å². The van der Waals surface area contributed by atoms with E-state index in [2.05, 4.69) is 15.6 Å². The van der Waals surface area contributed by atoms with Crippen LogP contribution in [0.15, 0.2) is 30.5 Å². The van der Waals surface area contributed by atoms with Crippen LogP contribution in [-0.4, -0.2) is 39.7 Å². The van der Waals surface area contributed by atoms with Gasteiger partial charge in [0.2, 0.25) is 0 Å². The predicted molar refractivity (Wildman–Crippen MR) is 119 cm³/mol. The summed E-state index contributed by atoms with van der Waals surface area (Å²) in [6, 6.07) is 7.38. The first-order chi connectivity index (χ1) is 14.4. The quantitative estimate of drug-likeness (QED) is 0.641. The fourth-order valence-electron chi connectivity index (χ4n) is 4.13. The van der Waals surface area contributed by atoms with E-state index < -0.39 is 0 Å². The maximum atomic E-state index is 12.8. The maximum Gasteiger partial charge on any atom is 0.318 e. The summed E-state index contributed by atoms with van der Waals surface area (Å²) < 4.78 is 0. The zero-order chi connectivity index (χ0) is 21.3. The van der Waals surface area contributed by atoms with Crippen LogP contribution in [0.25, 0.3) is 0 Å². The van der Waals surface area contributed by atoms with E-state index in [-0.39, 0.29) is 24.2 Å². The fraction of sp³-hybridized carbons (Fsp3) is 0.455. The molecule has 1 fully saturated rings. The van der Waals surface area contributed by atoms with Crippen molar-refractivity contribution in [3.8, 4) is 0 Å². The Labute approximate surface area is 186 Å². The van der Waals surface area contributed by atoms with Crippen LogP contribution >= 0.6 is 23.2 Å². The van der Waals surface area contributed by atoms with Gasteiger partial charge in [-0.3, -0.25) is 0 Å². The first kappa shape index (κ1) is 21.2. The summed E-state index contributed by atoms with van der Waals surface area (Å²) in [5.74, 6) is 0.805. The number of aromatic nitrogens is 1. The Morgan fingerprint density at radius 1 is 1.23 bits per heavy atom. The average Bonchev–Trinajstić information content (AvgIpc) is 3.13. The smallest absolute Gasteiger partial charge is 0.318 e. The zero-order valence-corrected chi connectivity index (χ0v) is 18.4. The summed E-state index contributed by atoms with van der Waals surface area (Å²) in [7, 11) is 0. The number of carbonyl (C=O) groups excluding carboxylic acids is 1. The Kier molecular flexibility index (Phi) is 6.37. The van der Waals surface area contributed by atoms with Gasteiger partial charge in [0.05, 0.1) is 22.2 Å². The van der Waals surface area contributed by atoms with Gasteiger partial charge in [-0.1, -0.05) is 29.3 Å². The van der Waals surface area contributed by atoms with Gasteiger partial charge in [-0.15, -0.1) is 0 Å². The highest BCUT2D eigenvalue weighted by molar-refractivity contribution is 6.42. The molecular formula is C22H26Cl2N4O2. The third kappa shape index (κ3) is 4.82. The van der Waals surface area contributed by atoms with Crippen molar-refractivity contribution in [2.75, 3.05) is 11.9 Å². The van der Waals surface area contributed by atoms with Crippen molar-refractivity contribution in [1.82, 2.24) is 15.2 Å². The lowest BCUT2D eigenvalue weighted by Crippen LogP contribution is -2.43. The number of rotatable bonds is 4. The van der Waals surface area contributed by atoms with E-state index in [9.17, 15) is 9.90 Å². The van der Waals surface area contributed by atoms with Gasteiger partial charge in [0, 0.05) is 25.3 Å². The maximum absolute atomic E-state index is 12.8. The third-order valence-electron chi connectivity index (χ3n) is 5.92. The molecule has 3 atom stereocenters. The normalized spacial score (nSPS) is 21.8. The van der Waals surface area contributed by atoms with Crippen LogP contribution < -0.4 is 10.6 Å². The van der Waals surface area contributed by atoms with Gasteiger partial charge in [-0.05, 0) is 67.5 Å². The number of hydrogen-bond donors (Lipinski definition) is 3. The van der Waals surface area contributed by atoms with Crippen molar-refractivity contribution < 1.29 is 9.90 Å². The summed E-state index contributed by atoms with van der Waals surface area (Å²) in [4.78, 5) is 19.2. The molecule has 2 heterocycles. The summed E-state index contributed by atoms with van der Waals surface area (Å²) in [5.41, 5.74) is 3.19. The lowest BCUT2D eigenvalue weighted by Gasteiger charge is -2.30. The Hall–Kier alpha value is -2.02. The Bertz CT molecular complexity index is 939. The molecule has 0 radical (unpaired) electrons. The van der Waals surface area contributed by atoms with E-state index in [4.69, 9.17) is 23.2 Å². The molecule has 2 aliphatic rings. The van der Waals surface area contributed by atoms with Crippen LogP contribution in [0, 0.1) is 0 Å². The first-order valence-corrected chi connectivity index (χ1v) is 11.1. The average molecular weight is 449 g/mol. The number of fused-ring (bicyclic) bond motifs is 1. The molecule has 6 nitrogen and oxygen atoms in total. The largest absolute Gasteiger partial charge is 0.393 e. The van der Waals surface area contributed by atoms with Crippen LogP contribution in [-0.2, 0) is 13.0 Å². The van der Waals surface area contributed by atoms with E-state index in [1.807, 2.05) is 30.2 Å². The highest BCUT2D eigenvalue weighted by atomic mass is 35.5. The molecular weight excluding hydrogens is 423 g/mol. The number of hydrogen-bond acceptors (Lipinski definition) is 4. The number of nitrogens with zero attached hydrogens (tertiary/aromatic N) is 2. The number of pyridine rings is 1. The fourth-order valence-corrected chi connectivity index (χ4v) is 4.44. The Morgan fingerprint density at radius 2 is 2.07 bits per heavy atom. The monoisotopic (exact) mass is 448 g/mol. The van der Waals surface area contributed by atoms with Gasteiger partial charge in [0.25, 0.3) is 0 Å². The van der Waals surface area contributed by atoms with E-state index in [1.54, 1.807) is 12.1 Å². The topological polar surface area (TPSA) is 77.5 Å². The lowest BCUT2D eigenvalue weighted by atomic mass is 10.0. The van der Waals surface area contributed by atoms with E-state index >= 15 is 0 Å². The van der Waals surface area contributed by atoms with Crippen LogP contribution in [0.2, 0.25) is 10.0 Å². The van der Waals surface area contributed by atoms with Crippen molar-refractivity contribution in [2.24, 2.45) is 0 Å². The predicted octanol–water partition coefficient (Wildman–Crippen LogP) is 4.54. The van der Waals surface area contributed by atoms with Gasteiger partial charge < -0.3 is 20.6 Å². The molecule has 1 aliphatic carbocycles. The van der Waals surface area contributed by atoms with Crippen molar-refractivity contribution in [1.29, 1.82) is 0 Å². The second kappa shape index (κ2) is 9.00. The molecule has 1 aromatic heterocycles. The van der Waals surface area contributed by atoms with E-state index in [1.165, 1.54) is 5.56 Å². The SMILES string of the molecule is CC(NC(=O)N1CCc2cnc(NC3CCC(O)C3)cc2C1)c1ccc(Cl)c(Cl)c1. The molecule has 4 rings (SSSR count). The number of urea groups is 1. The molecule has 1 aliphatic heterocycles. The van der Waals surface area contributed by atoms with Gasteiger partial charge in [-0.25, -0.2) is 9.78 Å². The minimum Gasteiger partial charge on any atom is -0.393 e. The molecule has 160 valence electrons. The first-order valence-electron chi connectivity index (χ1n) is 10.3. The highest BCUT2D eigenvalue weighted by Gasteiger charge is 2.25. The lowest BCUT2D eigenvalue weighted by molar-refractivity contribution is 0.182. The number of carbonyl (C=O) groups is 1. The van der Waals surface area contributed by atoms with Gasteiger partial charge >= 0.3 is 6.03 Å². The summed E-state index contributed by atoms with van der Waals surface area (Å²) in [6.45, 7) is 3.12. The van der Waals surface area contributed by atoms with Crippen molar-refractivity contribution in [3.63, 3.8) is 0 Å². The second-order valence-corrected chi connectivity index (χ2v) is 8.98. The summed E-state index contributed by atoms with van der Waals surface area (Å²) in [5, 5.41) is 17.2. The molecule has 8 heteroatoms. The minimum absolute atomic E-state index is 0.107. The van der Waals surface area contributed by atoms with Crippen molar-refractivity contribution in [3.05, 3.63) is 57.2 Å². The number of aliphatic hydroxyl groups is 1. The molecule has 2 amide bonds. The van der Waals surface area contributed by atoms with Crippen LogP contribution in [0.5, 0.6) is 0 Å². The van der Waals surface area contributed by atoms with Crippen molar-refractivity contribution >= 4 is 35.1 Å². The highest BCUT2D eigenvalue weighted by Crippen LogP contribution is 2.27. The molecule has 0 bridgehead atoms. The van der Waals surface area contributed by atoms with Crippen molar-refractivity contribution in [2.45, 2.75) is 57.3 Å². The molecule has 1 saturated carbocycles. The van der Waals surface area contributed by atoms with Gasteiger partial charge in [0.1, 0.15) is 5.82 Å². The third-order valence-corrected chi connectivity index (χ3v) is 6.66. The molecule has 30 heavy (non-hydrogen) atoms. The molecule has 3 N–H and O–H groups in total. The second-order valence-electron chi connectivity index (χ2n) is 8.16. The van der Waals surface area contributed by atoms with Gasteiger partial charge in [-0.2, -0.15) is 0 Å². The Morgan fingerprint density at radius 3 is 2.80 bits per heavy atom. The molecule has 0 saturated heterocycles. The summed E-state index contributed by atoms with van der Waals surface area (Å²) in [6.07, 6.45) is 4.97.